The van der Waals surface area contributed by atoms with Gasteiger partial charge in [-0.15, -0.1) is 6.58 Å². The van der Waals surface area contributed by atoms with Gasteiger partial charge < -0.3 is 14.2 Å². The van der Waals surface area contributed by atoms with Crippen molar-refractivity contribution in [2.24, 2.45) is 0 Å². The number of methoxy groups -OCH3 is 1. The molecule has 3 nitrogen and oxygen atoms in total. The highest BCUT2D eigenvalue weighted by atomic mass is 35.5. The maximum atomic E-state index is 6.14. The van der Waals surface area contributed by atoms with Crippen molar-refractivity contribution in [3.8, 4) is 17.2 Å². The summed E-state index contributed by atoms with van der Waals surface area (Å²) in [4.78, 5) is 0. The van der Waals surface area contributed by atoms with Crippen molar-refractivity contribution >= 4 is 11.6 Å². The van der Waals surface area contributed by atoms with Gasteiger partial charge in [-0.25, -0.2) is 0 Å². The van der Waals surface area contributed by atoms with Gasteiger partial charge >= 0.3 is 0 Å². The predicted molar refractivity (Wildman–Crippen MR) is 98.7 cm³/mol. The molecule has 2 aromatic rings. The molecule has 0 spiro atoms. The molecule has 0 fully saturated rings. The molecule has 2 aromatic carbocycles. The number of halogens is 1. The van der Waals surface area contributed by atoms with E-state index in [1.165, 1.54) is 0 Å². The highest BCUT2D eigenvalue weighted by Gasteiger charge is 2.06. The molecular formula is C20H23ClO3. The minimum atomic E-state index is 0.541. The summed E-state index contributed by atoms with van der Waals surface area (Å²) in [5, 5.41) is 0.635. The van der Waals surface area contributed by atoms with Crippen LogP contribution in [0.15, 0.2) is 49.1 Å². The number of rotatable bonds is 9. The lowest BCUT2D eigenvalue weighted by Crippen LogP contribution is -2.06. The first-order valence-electron chi connectivity index (χ1n) is 7.93. The topological polar surface area (TPSA) is 27.7 Å². The highest BCUT2D eigenvalue weighted by Crippen LogP contribution is 2.29. The number of aryl methyl sites for hydroxylation is 1. The molecule has 0 aliphatic carbocycles. The smallest absolute Gasteiger partial charge is 0.161 e. The van der Waals surface area contributed by atoms with E-state index in [9.17, 15) is 0 Å². The molecule has 0 N–H and O–H groups in total. The quantitative estimate of drug-likeness (QED) is 0.459. The summed E-state index contributed by atoms with van der Waals surface area (Å²) in [6, 6.07) is 11.7. The van der Waals surface area contributed by atoms with Gasteiger partial charge in [-0.1, -0.05) is 29.8 Å². The maximum absolute atomic E-state index is 6.14. The fraction of sp³-hybridized carbons (Fsp3) is 0.300. The molecule has 0 unspecified atom stereocenters. The van der Waals surface area contributed by atoms with Crippen LogP contribution < -0.4 is 14.2 Å². The standard InChI is InChI=1S/C20H23ClO3/c1-4-6-16-8-10-19(20(14-16)22-3)24-12-5-11-23-18-9-7-15(2)13-17(18)21/h4,7-10,13-14H,1,5-6,11-12H2,2-3H3. The van der Waals surface area contributed by atoms with Crippen LogP contribution in [-0.2, 0) is 6.42 Å². The van der Waals surface area contributed by atoms with Crippen LogP contribution in [0.5, 0.6) is 17.2 Å². The molecule has 24 heavy (non-hydrogen) atoms. The lowest BCUT2D eigenvalue weighted by molar-refractivity contribution is 0.240. The summed E-state index contributed by atoms with van der Waals surface area (Å²) in [5.74, 6) is 2.17. The fourth-order valence-corrected chi connectivity index (χ4v) is 2.56. The van der Waals surface area contributed by atoms with E-state index >= 15 is 0 Å². The first-order chi connectivity index (χ1) is 11.6. The molecule has 0 heterocycles. The van der Waals surface area contributed by atoms with Crippen LogP contribution in [0.2, 0.25) is 5.02 Å². The zero-order chi connectivity index (χ0) is 17.4. The molecule has 0 amide bonds. The molecule has 0 aliphatic rings. The zero-order valence-corrected chi connectivity index (χ0v) is 14.9. The van der Waals surface area contributed by atoms with E-state index < -0.39 is 0 Å². The SMILES string of the molecule is C=CCc1ccc(OCCCOc2ccc(C)cc2Cl)c(OC)c1. The van der Waals surface area contributed by atoms with E-state index in [4.69, 9.17) is 25.8 Å². The van der Waals surface area contributed by atoms with Gasteiger partial charge in [0.25, 0.3) is 0 Å². The van der Waals surface area contributed by atoms with Crippen molar-refractivity contribution in [1.82, 2.24) is 0 Å². The van der Waals surface area contributed by atoms with Gasteiger partial charge in [0, 0.05) is 6.42 Å². The predicted octanol–water partition coefficient (Wildman–Crippen LogP) is 5.23. The molecule has 2 rings (SSSR count). The van der Waals surface area contributed by atoms with Gasteiger partial charge in [-0.05, 0) is 48.7 Å². The highest BCUT2D eigenvalue weighted by molar-refractivity contribution is 6.32. The molecule has 4 heteroatoms. The van der Waals surface area contributed by atoms with Crippen LogP contribution >= 0.6 is 11.6 Å². The largest absolute Gasteiger partial charge is 0.493 e. The van der Waals surface area contributed by atoms with Crippen LogP contribution in [0.4, 0.5) is 0 Å². The van der Waals surface area contributed by atoms with Crippen molar-refractivity contribution in [2.75, 3.05) is 20.3 Å². The second-order valence-electron chi connectivity index (χ2n) is 5.46. The minimum absolute atomic E-state index is 0.541. The Balaban J connectivity index is 1.80. The average Bonchev–Trinajstić information content (AvgIpc) is 2.57. The van der Waals surface area contributed by atoms with Gasteiger partial charge in [0.15, 0.2) is 11.5 Å². The fourth-order valence-electron chi connectivity index (χ4n) is 2.27. The van der Waals surface area contributed by atoms with Crippen molar-refractivity contribution in [2.45, 2.75) is 19.8 Å². The van der Waals surface area contributed by atoms with Crippen molar-refractivity contribution in [3.63, 3.8) is 0 Å². The Bertz CT molecular complexity index is 683. The Morgan fingerprint density at radius 2 is 1.71 bits per heavy atom. The van der Waals surface area contributed by atoms with Gasteiger partial charge in [-0.3, -0.25) is 0 Å². The van der Waals surface area contributed by atoms with Gasteiger partial charge in [0.05, 0.1) is 25.3 Å². The van der Waals surface area contributed by atoms with Gasteiger partial charge in [0.2, 0.25) is 0 Å². The third kappa shape index (κ3) is 5.20. The lowest BCUT2D eigenvalue weighted by atomic mass is 10.1. The molecule has 0 radical (unpaired) electrons. The molecule has 0 saturated carbocycles. The Labute approximate surface area is 148 Å². The minimum Gasteiger partial charge on any atom is -0.493 e. The summed E-state index contributed by atoms with van der Waals surface area (Å²) < 4.78 is 16.8. The van der Waals surface area contributed by atoms with Gasteiger partial charge in [0.1, 0.15) is 5.75 Å². The van der Waals surface area contributed by atoms with Crippen LogP contribution in [0, 0.1) is 6.92 Å². The van der Waals surface area contributed by atoms with E-state index in [0.29, 0.717) is 24.0 Å². The molecule has 128 valence electrons. The van der Waals surface area contributed by atoms with Crippen molar-refractivity contribution < 1.29 is 14.2 Å². The number of hydrogen-bond donors (Lipinski definition) is 0. The van der Waals surface area contributed by atoms with E-state index in [-0.39, 0.29) is 0 Å². The second kappa shape index (κ2) is 9.24. The van der Waals surface area contributed by atoms with Crippen molar-refractivity contribution in [3.05, 3.63) is 65.2 Å². The van der Waals surface area contributed by atoms with E-state index in [1.807, 2.05) is 49.4 Å². The first-order valence-corrected chi connectivity index (χ1v) is 8.31. The summed E-state index contributed by atoms with van der Waals surface area (Å²) in [6.07, 6.45) is 3.42. The number of hydrogen-bond acceptors (Lipinski definition) is 3. The Kier molecular flexibility index (Phi) is 7.01. The summed E-state index contributed by atoms with van der Waals surface area (Å²) >= 11 is 6.14. The van der Waals surface area contributed by atoms with E-state index in [1.54, 1.807) is 7.11 Å². The normalized spacial score (nSPS) is 10.3. The van der Waals surface area contributed by atoms with E-state index in [2.05, 4.69) is 6.58 Å². The molecular weight excluding hydrogens is 324 g/mol. The summed E-state index contributed by atoms with van der Waals surface area (Å²) in [7, 11) is 1.64. The van der Waals surface area contributed by atoms with Crippen molar-refractivity contribution in [1.29, 1.82) is 0 Å². The van der Waals surface area contributed by atoms with Crippen LogP contribution in [0.3, 0.4) is 0 Å². The lowest BCUT2D eigenvalue weighted by Gasteiger charge is -2.12. The van der Waals surface area contributed by atoms with Crippen LogP contribution in [-0.4, -0.2) is 20.3 Å². The average molecular weight is 347 g/mol. The third-order valence-electron chi connectivity index (χ3n) is 3.50. The van der Waals surface area contributed by atoms with Gasteiger partial charge in [-0.2, -0.15) is 0 Å². The summed E-state index contributed by atoms with van der Waals surface area (Å²) in [6.45, 7) is 6.83. The Hall–Kier alpha value is -2.13. The molecule has 0 aliphatic heterocycles. The number of benzene rings is 2. The maximum Gasteiger partial charge on any atom is 0.161 e. The third-order valence-corrected chi connectivity index (χ3v) is 3.79. The monoisotopic (exact) mass is 346 g/mol. The zero-order valence-electron chi connectivity index (χ0n) is 14.2. The second-order valence-corrected chi connectivity index (χ2v) is 5.87. The molecule has 0 saturated heterocycles. The van der Waals surface area contributed by atoms with Crippen LogP contribution in [0.25, 0.3) is 0 Å². The number of allylic oxidation sites excluding steroid dienone is 1. The Morgan fingerprint density at radius 3 is 2.38 bits per heavy atom. The van der Waals surface area contributed by atoms with E-state index in [0.717, 1.165) is 35.5 Å². The summed E-state index contributed by atoms with van der Waals surface area (Å²) in [5.41, 5.74) is 2.26. The molecule has 0 atom stereocenters. The molecule has 0 aromatic heterocycles. The molecule has 0 bridgehead atoms. The number of ether oxygens (including phenoxy) is 3. The Morgan fingerprint density at radius 1 is 1.00 bits per heavy atom. The van der Waals surface area contributed by atoms with Crippen LogP contribution in [0.1, 0.15) is 17.5 Å². The first kappa shape index (κ1) is 18.2.